The molecule has 0 bridgehead atoms. The van der Waals surface area contributed by atoms with E-state index in [1.165, 1.54) is 11.9 Å². The minimum absolute atomic E-state index is 0.203. The van der Waals surface area contributed by atoms with Crippen molar-refractivity contribution in [2.75, 3.05) is 24.6 Å². The van der Waals surface area contributed by atoms with Crippen LogP contribution in [0.3, 0.4) is 0 Å². The Balaban J connectivity index is 1.30. The zero-order chi connectivity index (χ0) is 19.3. The van der Waals surface area contributed by atoms with Crippen LogP contribution in [0.25, 0.3) is 5.57 Å². The molecule has 7 heteroatoms. The molecule has 0 atom stereocenters. The fraction of sp³-hybridized carbons (Fsp3) is 0.381. The molecule has 2 heterocycles. The Morgan fingerprint density at radius 1 is 1.21 bits per heavy atom. The predicted molar refractivity (Wildman–Crippen MR) is 108 cm³/mol. The van der Waals surface area contributed by atoms with Crippen molar-refractivity contribution >= 4 is 23.1 Å². The average Bonchev–Trinajstić information content (AvgIpc) is 2.74. The lowest BCUT2D eigenvalue weighted by atomic mass is 9.97. The van der Waals surface area contributed by atoms with Crippen LogP contribution in [-0.4, -0.2) is 34.6 Å². The number of hydrogen-bond donors (Lipinski definition) is 0. The largest absolute Gasteiger partial charge is 0.490 e. The van der Waals surface area contributed by atoms with Crippen molar-refractivity contribution in [3.05, 3.63) is 59.4 Å². The number of rotatable bonds is 5. The number of piperidine rings is 1. The number of hydrogen-bond acceptors (Lipinski definition) is 5. The van der Waals surface area contributed by atoms with Crippen LogP contribution < -0.4 is 9.64 Å². The van der Waals surface area contributed by atoms with E-state index in [9.17, 15) is 4.39 Å². The number of aromatic nitrogens is 3. The second kappa shape index (κ2) is 8.69. The molecule has 1 saturated heterocycles. The molecule has 1 aromatic heterocycles. The van der Waals surface area contributed by atoms with Gasteiger partial charge in [0.1, 0.15) is 6.33 Å². The van der Waals surface area contributed by atoms with Crippen LogP contribution in [0.5, 0.6) is 5.75 Å². The molecule has 0 radical (unpaired) electrons. The summed E-state index contributed by atoms with van der Waals surface area (Å²) in [5.74, 6) is 0.999. The summed E-state index contributed by atoms with van der Waals surface area (Å²) in [6.07, 6.45) is 11.4. The molecule has 0 N–H and O–H groups in total. The Morgan fingerprint density at radius 2 is 2.07 bits per heavy atom. The lowest BCUT2D eigenvalue weighted by Crippen LogP contribution is -2.36. The van der Waals surface area contributed by atoms with Crippen LogP contribution in [0.4, 0.5) is 10.3 Å². The molecule has 0 spiro atoms. The van der Waals surface area contributed by atoms with Gasteiger partial charge in [-0.15, -0.1) is 0 Å². The van der Waals surface area contributed by atoms with Crippen LogP contribution >= 0.6 is 11.6 Å². The molecular formula is C21H22ClFN4O. The maximum atomic E-state index is 14.5. The number of benzene rings is 1. The van der Waals surface area contributed by atoms with E-state index >= 15 is 0 Å². The standard InChI is InChI=1S/C21H22ClFN4O/c22-20-24-14-25-21(26-20)27-10-8-15(9-11-27)13-28-19-7-6-17(12-18(19)23)16-4-2-1-3-5-16/h1-2,4,6-7,12,14-15H,3,5,8-11,13H2. The monoisotopic (exact) mass is 400 g/mol. The number of anilines is 1. The maximum Gasteiger partial charge on any atom is 0.229 e. The fourth-order valence-electron chi connectivity index (χ4n) is 3.59. The van der Waals surface area contributed by atoms with E-state index in [1.54, 1.807) is 12.1 Å². The highest BCUT2D eigenvalue weighted by molar-refractivity contribution is 6.28. The Morgan fingerprint density at radius 3 is 2.79 bits per heavy atom. The van der Waals surface area contributed by atoms with Crippen molar-refractivity contribution in [2.24, 2.45) is 5.92 Å². The van der Waals surface area contributed by atoms with Gasteiger partial charge in [0.15, 0.2) is 11.6 Å². The van der Waals surface area contributed by atoms with Gasteiger partial charge < -0.3 is 9.64 Å². The Bertz CT molecular complexity index is 894. The van der Waals surface area contributed by atoms with Gasteiger partial charge >= 0.3 is 0 Å². The Hall–Kier alpha value is -2.47. The molecule has 0 saturated carbocycles. The van der Waals surface area contributed by atoms with Gasteiger partial charge in [0.2, 0.25) is 11.2 Å². The number of nitrogens with zero attached hydrogens (tertiary/aromatic N) is 4. The van der Waals surface area contributed by atoms with Gasteiger partial charge in [0, 0.05) is 13.1 Å². The first-order valence-electron chi connectivity index (χ1n) is 9.57. The second-order valence-corrected chi connectivity index (χ2v) is 7.44. The predicted octanol–water partition coefficient (Wildman–Crippen LogP) is 4.69. The molecule has 1 aliphatic carbocycles. The minimum Gasteiger partial charge on any atom is -0.490 e. The Kier molecular flexibility index (Phi) is 5.86. The average molecular weight is 401 g/mol. The summed E-state index contributed by atoms with van der Waals surface area (Å²) in [6.45, 7) is 2.14. The summed E-state index contributed by atoms with van der Waals surface area (Å²) in [7, 11) is 0. The lowest BCUT2D eigenvalue weighted by molar-refractivity contribution is 0.215. The van der Waals surface area contributed by atoms with E-state index in [2.05, 4.69) is 25.9 Å². The maximum absolute atomic E-state index is 14.5. The molecule has 146 valence electrons. The zero-order valence-electron chi connectivity index (χ0n) is 15.5. The summed E-state index contributed by atoms with van der Waals surface area (Å²) in [5.41, 5.74) is 2.09. The van der Waals surface area contributed by atoms with Crippen molar-refractivity contribution in [3.63, 3.8) is 0 Å². The summed E-state index contributed by atoms with van der Waals surface area (Å²) >= 11 is 5.83. The van der Waals surface area contributed by atoms with Crippen LogP contribution in [0.15, 0.2) is 42.8 Å². The summed E-state index contributed by atoms with van der Waals surface area (Å²) in [5, 5.41) is 0.203. The highest BCUT2D eigenvalue weighted by atomic mass is 35.5. The molecule has 2 aromatic rings. The fourth-order valence-corrected chi connectivity index (χ4v) is 3.71. The van der Waals surface area contributed by atoms with Crippen molar-refractivity contribution in [1.29, 1.82) is 0 Å². The van der Waals surface area contributed by atoms with Crippen LogP contribution in [0, 0.1) is 11.7 Å². The molecule has 0 unspecified atom stereocenters. The lowest BCUT2D eigenvalue weighted by Gasteiger charge is -2.31. The molecular weight excluding hydrogens is 379 g/mol. The molecule has 0 amide bonds. The normalized spacial score (nSPS) is 17.5. The second-order valence-electron chi connectivity index (χ2n) is 7.10. The van der Waals surface area contributed by atoms with E-state index in [1.807, 2.05) is 18.2 Å². The number of halogens is 2. The highest BCUT2D eigenvalue weighted by Gasteiger charge is 2.22. The minimum atomic E-state index is -0.301. The zero-order valence-corrected chi connectivity index (χ0v) is 16.3. The van der Waals surface area contributed by atoms with Crippen LogP contribution in [0.1, 0.15) is 31.2 Å². The smallest absolute Gasteiger partial charge is 0.229 e. The molecule has 1 fully saturated rings. The SMILES string of the molecule is Fc1cc(C2=CC=CCC2)ccc1OCC1CCN(c2ncnc(Cl)n2)CC1. The summed E-state index contributed by atoms with van der Waals surface area (Å²) in [6, 6.07) is 5.26. The first kappa shape index (κ1) is 18.9. The molecule has 5 nitrogen and oxygen atoms in total. The highest BCUT2D eigenvalue weighted by Crippen LogP contribution is 2.28. The first-order chi connectivity index (χ1) is 13.7. The van der Waals surface area contributed by atoms with Crippen molar-refractivity contribution in [2.45, 2.75) is 25.7 Å². The summed E-state index contributed by atoms with van der Waals surface area (Å²) in [4.78, 5) is 14.2. The first-order valence-corrected chi connectivity index (χ1v) is 9.95. The van der Waals surface area contributed by atoms with Crippen molar-refractivity contribution in [3.8, 4) is 5.75 Å². The third-order valence-corrected chi connectivity index (χ3v) is 5.40. The number of ether oxygens (including phenoxy) is 1. The molecule has 1 aliphatic heterocycles. The molecule has 4 rings (SSSR count). The van der Waals surface area contributed by atoms with Crippen LogP contribution in [0.2, 0.25) is 5.28 Å². The van der Waals surface area contributed by atoms with E-state index in [0.29, 0.717) is 24.2 Å². The van der Waals surface area contributed by atoms with E-state index < -0.39 is 0 Å². The number of allylic oxidation sites excluding steroid dienone is 4. The van der Waals surface area contributed by atoms with Gasteiger partial charge in [0.05, 0.1) is 6.61 Å². The van der Waals surface area contributed by atoms with Gasteiger partial charge in [-0.1, -0.05) is 24.3 Å². The third kappa shape index (κ3) is 4.50. The van der Waals surface area contributed by atoms with Gasteiger partial charge in [0.25, 0.3) is 0 Å². The van der Waals surface area contributed by atoms with Gasteiger partial charge in [-0.3, -0.25) is 0 Å². The van der Waals surface area contributed by atoms with E-state index in [4.69, 9.17) is 16.3 Å². The quantitative estimate of drug-likeness (QED) is 0.728. The topological polar surface area (TPSA) is 51.1 Å². The van der Waals surface area contributed by atoms with E-state index in [0.717, 1.165) is 44.3 Å². The van der Waals surface area contributed by atoms with Gasteiger partial charge in [-0.05, 0) is 66.5 Å². The summed E-state index contributed by atoms with van der Waals surface area (Å²) < 4.78 is 20.3. The third-order valence-electron chi connectivity index (χ3n) is 5.22. The van der Waals surface area contributed by atoms with Gasteiger partial charge in [-0.2, -0.15) is 4.98 Å². The van der Waals surface area contributed by atoms with Gasteiger partial charge in [-0.25, -0.2) is 14.4 Å². The Labute approximate surface area is 168 Å². The van der Waals surface area contributed by atoms with E-state index in [-0.39, 0.29) is 11.1 Å². The van der Waals surface area contributed by atoms with Crippen LogP contribution in [-0.2, 0) is 0 Å². The molecule has 28 heavy (non-hydrogen) atoms. The van der Waals surface area contributed by atoms with Crippen molar-refractivity contribution < 1.29 is 9.13 Å². The molecule has 2 aliphatic rings. The van der Waals surface area contributed by atoms with Crippen molar-refractivity contribution in [1.82, 2.24) is 15.0 Å². The molecule has 1 aromatic carbocycles.